The van der Waals surface area contributed by atoms with Crippen molar-refractivity contribution in [2.24, 2.45) is 5.73 Å². The third-order valence-corrected chi connectivity index (χ3v) is 2.67. The van der Waals surface area contributed by atoms with Crippen LogP contribution in [0.5, 0.6) is 0 Å². The molecule has 1 aromatic heterocycles. The molecule has 0 aliphatic heterocycles. The average molecular weight is 262 g/mol. The number of anilines is 1. The normalized spacial score (nSPS) is 11.8. The summed E-state index contributed by atoms with van der Waals surface area (Å²) in [6.07, 6.45) is 3.24. The minimum atomic E-state index is -0.628. The number of rotatable bonds is 4. The third kappa shape index (κ3) is 2.99. The lowest BCUT2D eigenvalue weighted by Gasteiger charge is -2.16. The molecule has 0 radical (unpaired) electrons. The van der Waals surface area contributed by atoms with Gasteiger partial charge in [-0.3, -0.25) is 9.78 Å². The van der Waals surface area contributed by atoms with Crippen LogP contribution in [0.25, 0.3) is 0 Å². The van der Waals surface area contributed by atoms with Crippen molar-refractivity contribution in [1.82, 2.24) is 4.98 Å². The van der Waals surface area contributed by atoms with Gasteiger partial charge < -0.3 is 11.1 Å². The first-order valence-electron chi connectivity index (χ1n) is 5.38. The van der Waals surface area contributed by atoms with Gasteiger partial charge in [-0.15, -0.1) is 0 Å². The molecule has 2 rings (SSSR count). The number of carbonyl (C=O) groups excluding carboxylic acids is 1. The minimum Gasteiger partial charge on any atom is -0.370 e. The Balaban J connectivity index is 2.25. The first-order valence-corrected chi connectivity index (χ1v) is 5.76. The van der Waals surface area contributed by atoms with E-state index >= 15 is 0 Å². The number of primary amides is 1. The highest BCUT2D eigenvalue weighted by Gasteiger charge is 2.17. The van der Waals surface area contributed by atoms with Gasteiger partial charge in [-0.05, 0) is 24.3 Å². The van der Waals surface area contributed by atoms with E-state index in [2.05, 4.69) is 10.3 Å². The number of benzene rings is 1. The van der Waals surface area contributed by atoms with Crippen molar-refractivity contribution < 1.29 is 4.79 Å². The number of hydrogen-bond acceptors (Lipinski definition) is 3. The highest BCUT2D eigenvalue weighted by atomic mass is 35.5. The fourth-order valence-electron chi connectivity index (χ4n) is 1.61. The predicted molar refractivity (Wildman–Crippen MR) is 71.2 cm³/mol. The van der Waals surface area contributed by atoms with Crippen LogP contribution in [0.15, 0.2) is 48.8 Å². The molecule has 3 N–H and O–H groups in total. The molecule has 5 heteroatoms. The first-order chi connectivity index (χ1) is 8.66. The van der Waals surface area contributed by atoms with Crippen molar-refractivity contribution >= 4 is 23.2 Å². The molecule has 18 heavy (non-hydrogen) atoms. The topological polar surface area (TPSA) is 68.0 Å². The van der Waals surface area contributed by atoms with Gasteiger partial charge in [0.1, 0.15) is 6.04 Å². The molecule has 2 aromatic rings. The fourth-order valence-corrected chi connectivity index (χ4v) is 1.80. The number of hydrogen-bond donors (Lipinski definition) is 2. The van der Waals surface area contributed by atoms with Crippen LogP contribution in [-0.2, 0) is 4.79 Å². The van der Waals surface area contributed by atoms with Gasteiger partial charge >= 0.3 is 0 Å². The Kier molecular flexibility index (Phi) is 3.79. The third-order valence-electron chi connectivity index (χ3n) is 2.44. The summed E-state index contributed by atoms with van der Waals surface area (Å²) in [4.78, 5) is 15.5. The predicted octanol–water partition coefficient (Wildman–Crippen LogP) is 2.37. The van der Waals surface area contributed by atoms with Crippen LogP contribution in [-0.4, -0.2) is 10.9 Å². The Hall–Kier alpha value is -2.07. The van der Waals surface area contributed by atoms with Gasteiger partial charge in [0.05, 0.1) is 0 Å². The summed E-state index contributed by atoms with van der Waals surface area (Å²) >= 11 is 5.89. The standard InChI is InChI=1S/C13H12ClN3O/c14-10-4-1-5-11(7-10)17-12(13(15)18)9-3-2-6-16-8-9/h1-8,12,17H,(H2,15,18). The summed E-state index contributed by atoms with van der Waals surface area (Å²) in [6.45, 7) is 0. The van der Waals surface area contributed by atoms with Crippen LogP contribution in [0, 0.1) is 0 Å². The summed E-state index contributed by atoms with van der Waals surface area (Å²) in [6, 6.07) is 10.0. The summed E-state index contributed by atoms with van der Waals surface area (Å²) < 4.78 is 0. The zero-order valence-corrected chi connectivity index (χ0v) is 10.3. The van der Waals surface area contributed by atoms with Gasteiger partial charge in [-0.1, -0.05) is 23.7 Å². The van der Waals surface area contributed by atoms with Crippen molar-refractivity contribution in [3.05, 3.63) is 59.4 Å². The minimum absolute atomic E-state index is 0.469. The van der Waals surface area contributed by atoms with Gasteiger partial charge in [0.25, 0.3) is 0 Å². The maximum absolute atomic E-state index is 11.5. The number of aromatic nitrogens is 1. The van der Waals surface area contributed by atoms with Gasteiger partial charge in [-0.2, -0.15) is 0 Å². The quantitative estimate of drug-likeness (QED) is 0.888. The Bertz CT molecular complexity index is 545. The van der Waals surface area contributed by atoms with E-state index in [4.69, 9.17) is 17.3 Å². The molecule has 1 heterocycles. The van der Waals surface area contributed by atoms with E-state index < -0.39 is 11.9 Å². The number of nitrogens with two attached hydrogens (primary N) is 1. The Morgan fingerprint density at radius 2 is 2.17 bits per heavy atom. The number of carbonyl (C=O) groups is 1. The number of amides is 1. The van der Waals surface area contributed by atoms with Gasteiger partial charge in [-0.25, -0.2) is 0 Å². The molecule has 0 aliphatic rings. The van der Waals surface area contributed by atoms with Crippen molar-refractivity contribution in [2.75, 3.05) is 5.32 Å². The van der Waals surface area contributed by atoms with Crippen LogP contribution >= 0.6 is 11.6 Å². The number of pyridine rings is 1. The second kappa shape index (κ2) is 5.51. The van der Waals surface area contributed by atoms with E-state index in [0.717, 1.165) is 5.69 Å². The second-order valence-corrected chi connectivity index (χ2v) is 4.21. The molecule has 1 amide bonds. The molecule has 0 fully saturated rings. The molecule has 1 aromatic carbocycles. The highest BCUT2D eigenvalue weighted by Crippen LogP contribution is 2.21. The lowest BCUT2D eigenvalue weighted by molar-refractivity contribution is -0.118. The molecule has 92 valence electrons. The average Bonchev–Trinajstić information content (AvgIpc) is 2.37. The monoisotopic (exact) mass is 261 g/mol. The van der Waals surface area contributed by atoms with Crippen molar-refractivity contribution in [3.63, 3.8) is 0 Å². The summed E-state index contributed by atoms with van der Waals surface area (Å²) in [7, 11) is 0. The van der Waals surface area contributed by atoms with Crippen molar-refractivity contribution in [1.29, 1.82) is 0 Å². The zero-order valence-electron chi connectivity index (χ0n) is 9.51. The summed E-state index contributed by atoms with van der Waals surface area (Å²) in [5.74, 6) is -0.469. The van der Waals surface area contributed by atoms with E-state index in [9.17, 15) is 4.79 Å². The number of halogens is 1. The van der Waals surface area contributed by atoms with Crippen LogP contribution in [0.2, 0.25) is 5.02 Å². The van der Waals surface area contributed by atoms with Crippen LogP contribution < -0.4 is 11.1 Å². The van der Waals surface area contributed by atoms with E-state index in [0.29, 0.717) is 10.6 Å². The van der Waals surface area contributed by atoms with Crippen LogP contribution in [0.1, 0.15) is 11.6 Å². The van der Waals surface area contributed by atoms with E-state index in [1.807, 2.05) is 6.07 Å². The molecular formula is C13H12ClN3O. The largest absolute Gasteiger partial charge is 0.370 e. The lowest BCUT2D eigenvalue weighted by atomic mass is 10.1. The Morgan fingerprint density at radius 1 is 1.33 bits per heavy atom. The van der Waals surface area contributed by atoms with Gasteiger partial charge in [0.2, 0.25) is 5.91 Å². The Labute approximate surface area is 110 Å². The molecule has 0 saturated heterocycles. The summed E-state index contributed by atoms with van der Waals surface area (Å²) in [5.41, 5.74) is 6.84. The molecule has 1 atom stereocenters. The highest BCUT2D eigenvalue weighted by molar-refractivity contribution is 6.30. The molecule has 1 unspecified atom stereocenters. The van der Waals surface area contributed by atoms with E-state index in [-0.39, 0.29) is 0 Å². The van der Waals surface area contributed by atoms with Crippen molar-refractivity contribution in [2.45, 2.75) is 6.04 Å². The maximum atomic E-state index is 11.5. The second-order valence-electron chi connectivity index (χ2n) is 3.78. The number of nitrogens with zero attached hydrogens (tertiary/aromatic N) is 1. The van der Waals surface area contributed by atoms with Gasteiger partial charge in [0, 0.05) is 28.7 Å². The number of nitrogens with one attached hydrogen (secondary N) is 1. The molecule has 0 bridgehead atoms. The lowest BCUT2D eigenvalue weighted by Crippen LogP contribution is -2.27. The van der Waals surface area contributed by atoms with Crippen LogP contribution in [0.3, 0.4) is 0 Å². The SMILES string of the molecule is NC(=O)C(Nc1cccc(Cl)c1)c1cccnc1. The van der Waals surface area contributed by atoms with Crippen LogP contribution in [0.4, 0.5) is 5.69 Å². The molecule has 0 spiro atoms. The fraction of sp³-hybridized carbons (Fsp3) is 0.0769. The van der Waals surface area contributed by atoms with Gasteiger partial charge in [0.15, 0.2) is 0 Å². The molecule has 0 aliphatic carbocycles. The zero-order chi connectivity index (χ0) is 13.0. The molecule has 4 nitrogen and oxygen atoms in total. The van der Waals surface area contributed by atoms with E-state index in [1.165, 1.54) is 0 Å². The molecule has 0 saturated carbocycles. The molecular weight excluding hydrogens is 250 g/mol. The Morgan fingerprint density at radius 3 is 2.78 bits per heavy atom. The van der Waals surface area contributed by atoms with E-state index in [1.54, 1.807) is 42.7 Å². The van der Waals surface area contributed by atoms with Crippen molar-refractivity contribution in [3.8, 4) is 0 Å². The smallest absolute Gasteiger partial charge is 0.244 e. The first kappa shape index (κ1) is 12.4. The summed E-state index contributed by atoms with van der Waals surface area (Å²) in [5, 5.41) is 3.63. The maximum Gasteiger partial charge on any atom is 0.244 e.